The summed E-state index contributed by atoms with van der Waals surface area (Å²) >= 11 is 6.00. The summed E-state index contributed by atoms with van der Waals surface area (Å²) in [5, 5.41) is 3.78. The van der Waals surface area contributed by atoms with Crippen LogP contribution in [0.3, 0.4) is 0 Å². The van der Waals surface area contributed by atoms with Gasteiger partial charge in [-0.1, -0.05) is 48.4 Å². The van der Waals surface area contributed by atoms with Crippen molar-refractivity contribution < 1.29 is 0 Å². The highest BCUT2D eigenvalue weighted by Crippen LogP contribution is 2.14. The average molecular weight is 276 g/mol. The van der Waals surface area contributed by atoms with Crippen LogP contribution in [-0.4, -0.2) is 9.97 Å². The molecule has 0 atom stereocenters. The minimum absolute atomic E-state index is 0.491. The van der Waals surface area contributed by atoms with Crippen LogP contribution in [0, 0.1) is 6.92 Å². The Balaban J connectivity index is 2.06. The molecular weight excluding hydrogens is 258 g/mol. The predicted molar refractivity (Wildman–Crippen MR) is 79.5 cm³/mol. The van der Waals surface area contributed by atoms with Crippen LogP contribution in [0.15, 0.2) is 30.3 Å². The van der Waals surface area contributed by atoms with Crippen molar-refractivity contribution in [1.29, 1.82) is 0 Å². The smallest absolute Gasteiger partial charge is 0.134 e. The fourth-order valence-electron chi connectivity index (χ4n) is 1.91. The van der Waals surface area contributed by atoms with Crippen molar-refractivity contribution in [1.82, 2.24) is 9.97 Å². The Morgan fingerprint density at radius 2 is 2.05 bits per heavy atom. The third-order valence-corrected chi connectivity index (χ3v) is 2.96. The van der Waals surface area contributed by atoms with E-state index in [-0.39, 0.29) is 0 Å². The Morgan fingerprint density at radius 1 is 1.21 bits per heavy atom. The van der Waals surface area contributed by atoms with Crippen molar-refractivity contribution in [3.05, 3.63) is 52.4 Å². The summed E-state index contributed by atoms with van der Waals surface area (Å²) in [5.41, 5.74) is 2.48. The van der Waals surface area contributed by atoms with E-state index in [1.807, 2.05) is 0 Å². The molecule has 0 aliphatic carbocycles. The highest BCUT2D eigenvalue weighted by atomic mass is 35.5. The number of anilines is 1. The summed E-state index contributed by atoms with van der Waals surface area (Å²) in [6.07, 6.45) is 1.86. The Morgan fingerprint density at radius 3 is 2.79 bits per heavy atom. The normalized spacial score (nSPS) is 10.5. The second-order valence-electron chi connectivity index (χ2n) is 4.58. The molecule has 1 N–H and O–H groups in total. The van der Waals surface area contributed by atoms with Crippen molar-refractivity contribution in [2.75, 3.05) is 5.32 Å². The van der Waals surface area contributed by atoms with Gasteiger partial charge < -0.3 is 5.32 Å². The maximum absolute atomic E-state index is 6.00. The molecule has 0 amide bonds. The summed E-state index contributed by atoms with van der Waals surface area (Å²) in [4.78, 5) is 8.66. The fraction of sp³-hybridized carbons (Fsp3) is 0.333. The third-order valence-electron chi connectivity index (χ3n) is 2.77. The number of aryl methyl sites for hydroxylation is 2. The van der Waals surface area contributed by atoms with Gasteiger partial charge in [0.2, 0.25) is 0 Å². The zero-order chi connectivity index (χ0) is 13.7. The lowest BCUT2D eigenvalue weighted by atomic mass is 10.1. The maximum atomic E-state index is 6.00. The molecule has 3 nitrogen and oxygen atoms in total. The van der Waals surface area contributed by atoms with Gasteiger partial charge in [0.25, 0.3) is 0 Å². The number of aromatic nitrogens is 2. The summed E-state index contributed by atoms with van der Waals surface area (Å²) in [6, 6.07) is 10.2. The number of hydrogen-bond acceptors (Lipinski definition) is 3. The van der Waals surface area contributed by atoms with Crippen LogP contribution in [0.2, 0.25) is 5.15 Å². The first-order valence-corrected chi connectivity index (χ1v) is 6.88. The molecule has 0 fully saturated rings. The van der Waals surface area contributed by atoms with Crippen molar-refractivity contribution in [3.63, 3.8) is 0 Å². The molecule has 0 saturated carbocycles. The lowest BCUT2D eigenvalue weighted by molar-refractivity contribution is 0.834. The van der Waals surface area contributed by atoms with E-state index in [9.17, 15) is 0 Å². The number of nitrogens with zero attached hydrogens (tertiary/aromatic N) is 2. The molecule has 0 radical (unpaired) electrons. The zero-order valence-electron chi connectivity index (χ0n) is 11.3. The van der Waals surface area contributed by atoms with E-state index in [1.54, 1.807) is 6.07 Å². The SMILES string of the molecule is CCCc1nc(Cl)cc(NCc2cccc(C)c2)n1. The fourth-order valence-corrected chi connectivity index (χ4v) is 2.11. The first-order valence-electron chi connectivity index (χ1n) is 6.50. The molecule has 19 heavy (non-hydrogen) atoms. The van der Waals surface area contributed by atoms with Crippen molar-refractivity contribution in [2.24, 2.45) is 0 Å². The van der Waals surface area contributed by atoms with Gasteiger partial charge in [0, 0.05) is 19.0 Å². The molecule has 0 unspecified atom stereocenters. The molecule has 0 aliphatic heterocycles. The van der Waals surface area contributed by atoms with Crippen molar-refractivity contribution in [2.45, 2.75) is 33.2 Å². The largest absolute Gasteiger partial charge is 0.366 e. The van der Waals surface area contributed by atoms with E-state index < -0.39 is 0 Å². The molecule has 0 saturated heterocycles. The zero-order valence-corrected chi connectivity index (χ0v) is 12.0. The minimum atomic E-state index is 0.491. The molecule has 4 heteroatoms. The van der Waals surface area contributed by atoms with Gasteiger partial charge in [-0.3, -0.25) is 0 Å². The molecular formula is C15H18ClN3. The molecule has 0 aliphatic rings. The molecule has 1 aromatic carbocycles. The van der Waals surface area contributed by atoms with Gasteiger partial charge in [0.1, 0.15) is 16.8 Å². The maximum Gasteiger partial charge on any atom is 0.134 e. The van der Waals surface area contributed by atoms with E-state index in [1.165, 1.54) is 11.1 Å². The van der Waals surface area contributed by atoms with Gasteiger partial charge in [-0.15, -0.1) is 0 Å². The first kappa shape index (κ1) is 13.8. The number of rotatable bonds is 5. The van der Waals surface area contributed by atoms with Gasteiger partial charge in [-0.2, -0.15) is 0 Å². The van der Waals surface area contributed by atoms with Gasteiger partial charge in [0.15, 0.2) is 0 Å². The lowest BCUT2D eigenvalue weighted by Crippen LogP contribution is -2.04. The monoisotopic (exact) mass is 275 g/mol. The highest BCUT2D eigenvalue weighted by molar-refractivity contribution is 6.29. The van der Waals surface area contributed by atoms with Crippen molar-refractivity contribution in [3.8, 4) is 0 Å². The number of benzene rings is 1. The van der Waals surface area contributed by atoms with Crippen molar-refractivity contribution >= 4 is 17.4 Å². The Hall–Kier alpha value is -1.61. The topological polar surface area (TPSA) is 37.8 Å². The van der Waals surface area contributed by atoms with Gasteiger partial charge in [-0.05, 0) is 18.9 Å². The third kappa shape index (κ3) is 4.21. The first-order chi connectivity index (χ1) is 9.17. The highest BCUT2D eigenvalue weighted by Gasteiger charge is 2.02. The Labute approximate surface area is 119 Å². The van der Waals surface area contributed by atoms with Crippen LogP contribution >= 0.6 is 11.6 Å². The molecule has 100 valence electrons. The second-order valence-corrected chi connectivity index (χ2v) is 4.97. The summed E-state index contributed by atoms with van der Waals surface area (Å²) in [5.74, 6) is 1.58. The second kappa shape index (κ2) is 6.53. The van der Waals surface area contributed by atoms with Crippen LogP contribution in [0.25, 0.3) is 0 Å². The molecule has 1 heterocycles. The van der Waals surface area contributed by atoms with Crippen LogP contribution in [0.1, 0.15) is 30.3 Å². The molecule has 2 rings (SSSR count). The Kier molecular flexibility index (Phi) is 4.74. The predicted octanol–water partition coefficient (Wildman–Crippen LogP) is 4.00. The molecule has 0 spiro atoms. The van der Waals surface area contributed by atoms with Gasteiger partial charge >= 0.3 is 0 Å². The average Bonchev–Trinajstić information content (AvgIpc) is 2.36. The summed E-state index contributed by atoms with van der Waals surface area (Å²) in [6.45, 7) is 4.93. The minimum Gasteiger partial charge on any atom is -0.366 e. The molecule has 0 bridgehead atoms. The summed E-state index contributed by atoms with van der Waals surface area (Å²) < 4.78 is 0. The lowest BCUT2D eigenvalue weighted by Gasteiger charge is -2.08. The van der Waals surface area contributed by atoms with E-state index in [0.29, 0.717) is 5.15 Å². The van der Waals surface area contributed by atoms with E-state index >= 15 is 0 Å². The quantitative estimate of drug-likeness (QED) is 0.838. The summed E-state index contributed by atoms with van der Waals surface area (Å²) in [7, 11) is 0. The van der Waals surface area contributed by atoms with Crippen LogP contribution in [0.5, 0.6) is 0 Å². The Bertz CT molecular complexity index is 555. The standard InChI is InChI=1S/C15H18ClN3/c1-3-5-14-18-13(16)9-15(19-14)17-10-12-7-4-6-11(2)8-12/h4,6-9H,3,5,10H2,1-2H3,(H,17,18,19). The van der Waals surface area contributed by atoms with Crippen LogP contribution in [-0.2, 0) is 13.0 Å². The van der Waals surface area contributed by atoms with E-state index in [0.717, 1.165) is 31.0 Å². The number of halogens is 1. The van der Waals surface area contributed by atoms with Crippen LogP contribution < -0.4 is 5.32 Å². The number of nitrogens with one attached hydrogen (secondary N) is 1. The molecule has 2 aromatic rings. The van der Waals surface area contributed by atoms with Gasteiger partial charge in [-0.25, -0.2) is 9.97 Å². The van der Waals surface area contributed by atoms with E-state index in [2.05, 4.69) is 53.4 Å². The van der Waals surface area contributed by atoms with Crippen LogP contribution in [0.4, 0.5) is 5.82 Å². The van der Waals surface area contributed by atoms with Gasteiger partial charge in [0.05, 0.1) is 0 Å². The molecule has 1 aromatic heterocycles. The van der Waals surface area contributed by atoms with E-state index in [4.69, 9.17) is 11.6 Å². The number of hydrogen-bond donors (Lipinski definition) is 1.